The van der Waals surface area contributed by atoms with Gasteiger partial charge < -0.3 is 5.32 Å². The fourth-order valence-electron chi connectivity index (χ4n) is 2.22. The summed E-state index contributed by atoms with van der Waals surface area (Å²) >= 11 is 6.22. The number of nitrogens with one attached hydrogen (secondary N) is 1. The fraction of sp³-hybridized carbons (Fsp3) is 0.353. The average molecular weight is 289 g/mol. The molecule has 106 valence electrons. The topological polar surface area (TPSA) is 24.9 Å². The van der Waals surface area contributed by atoms with E-state index in [4.69, 9.17) is 11.6 Å². The van der Waals surface area contributed by atoms with Crippen molar-refractivity contribution in [1.82, 2.24) is 4.98 Å². The molecule has 0 amide bonds. The van der Waals surface area contributed by atoms with E-state index >= 15 is 0 Å². The molecule has 1 unspecified atom stereocenters. The number of aromatic nitrogens is 1. The molecule has 1 aromatic heterocycles. The smallest absolute Gasteiger partial charge is 0.0720 e. The van der Waals surface area contributed by atoms with Crippen molar-refractivity contribution in [2.75, 3.05) is 5.32 Å². The molecule has 0 saturated heterocycles. The van der Waals surface area contributed by atoms with Crippen LogP contribution in [0.3, 0.4) is 0 Å². The molecule has 0 radical (unpaired) electrons. The number of pyridine rings is 1. The Morgan fingerprint density at radius 2 is 1.85 bits per heavy atom. The van der Waals surface area contributed by atoms with Crippen molar-refractivity contribution in [1.29, 1.82) is 0 Å². The van der Waals surface area contributed by atoms with Crippen LogP contribution in [-0.4, -0.2) is 4.98 Å². The van der Waals surface area contributed by atoms with Gasteiger partial charge >= 0.3 is 0 Å². The highest BCUT2D eigenvalue weighted by Gasteiger charge is 2.20. The van der Waals surface area contributed by atoms with E-state index in [1.54, 1.807) is 12.4 Å². The number of hydrogen-bond acceptors (Lipinski definition) is 2. The largest absolute Gasteiger partial charge is 0.376 e. The molecule has 0 fully saturated rings. The van der Waals surface area contributed by atoms with Gasteiger partial charge in [0.05, 0.1) is 22.9 Å². The van der Waals surface area contributed by atoms with Crippen LogP contribution < -0.4 is 5.32 Å². The monoisotopic (exact) mass is 288 g/mol. The molecule has 2 aromatic rings. The molecule has 3 heteroatoms. The van der Waals surface area contributed by atoms with Crippen molar-refractivity contribution in [2.45, 2.75) is 33.2 Å². The van der Waals surface area contributed by atoms with Crippen LogP contribution in [0.15, 0.2) is 48.8 Å². The first-order valence-corrected chi connectivity index (χ1v) is 7.24. The molecule has 1 N–H and O–H groups in total. The summed E-state index contributed by atoms with van der Waals surface area (Å²) in [7, 11) is 0. The predicted molar refractivity (Wildman–Crippen MR) is 86.1 cm³/mol. The van der Waals surface area contributed by atoms with Crippen LogP contribution in [0.1, 0.15) is 38.8 Å². The van der Waals surface area contributed by atoms with E-state index in [9.17, 15) is 0 Å². The second-order valence-electron chi connectivity index (χ2n) is 6.23. The Kier molecular flexibility index (Phi) is 4.66. The number of halogens is 1. The van der Waals surface area contributed by atoms with Crippen LogP contribution in [0.25, 0.3) is 0 Å². The van der Waals surface area contributed by atoms with E-state index < -0.39 is 0 Å². The maximum atomic E-state index is 6.22. The minimum atomic E-state index is 0.220. The Hall–Kier alpha value is -1.54. The zero-order chi connectivity index (χ0) is 14.6. The van der Waals surface area contributed by atoms with Crippen LogP contribution in [0.4, 0.5) is 5.69 Å². The molecule has 1 atom stereocenters. The first kappa shape index (κ1) is 14.9. The molecule has 1 aromatic carbocycles. The molecule has 0 aliphatic rings. The quantitative estimate of drug-likeness (QED) is 0.823. The number of rotatable bonds is 4. The Morgan fingerprint density at radius 1 is 1.15 bits per heavy atom. The van der Waals surface area contributed by atoms with Gasteiger partial charge in [0.25, 0.3) is 0 Å². The maximum absolute atomic E-state index is 6.22. The zero-order valence-corrected chi connectivity index (χ0v) is 13.0. The van der Waals surface area contributed by atoms with Crippen LogP contribution >= 0.6 is 11.6 Å². The van der Waals surface area contributed by atoms with Crippen molar-refractivity contribution in [3.63, 3.8) is 0 Å². The molecule has 20 heavy (non-hydrogen) atoms. The summed E-state index contributed by atoms with van der Waals surface area (Å²) < 4.78 is 0. The van der Waals surface area contributed by atoms with Gasteiger partial charge in [-0.3, -0.25) is 4.98 Å². The third-order valence-electron chi connectivity index (χ3n) is 3.12. The highest BCUT2D eigenvalue weighted by atomic mass is 35.5. The summed E-state index contributed by atoms with van der Waals surface area (Å²) in [5.74, 6) is 0. The molecular weight excluding hydrogens is 268 g/mol. The van der Waals surface area contributed by atoms with E-state index in [2.05, 4.69) is 55.3 Å². The summed E-state index contributed by atoms with van der Waals surface area (Å²) in [5, 5.41) is 4.23. The zero-order valence-electron chi connectivity index (χ0n) is 12.2. The van der Waals surface area contributed by atoms with Crippen molar-refractivity contribution >= 4 is 17.3 Å². The minimum absolute atomic E-state index is 0.220. The number of anilines is 1. The van der Waals surface area contributed by atoms with E-state index in [0.29, 0.717) is 5.02 Å². The summed E-state index contributed by atoms with van der Waals surface area (Å²) in [5.41, 5.74) is 2.37. The lowest BCUT2D eigenvalue weighted by Crippen LogP contribution is -2.19. The maximum Gasteiger partial charge on any atom is 0.0720 e. The number of benzene rings is 1. The molecular formula is C17H21ClN2. The second kappa shape index (κ2) is 6.27. The van der Waals surface area contributed by atoms with E-state index in [1.165, 1.54) is 5.56 Å². The predicted octanol–water partition coefficient (Wildman–Crippen LogP) is 5.32. The van der Waals surface area contributed by atoms with Gasteiger partial charge in [0, 0.05) is 6.20 Å². The fourth-order valence-corrected chi connectivity index (χ4v) is 2.38. The number of nitrogens with zero attached hydrogens (tertiary/aromatic N) is 1. The van der Waals surface area contributed by atoms with Gasteiger partial charge in [-0.2, -0.15) is 0 Å². The third-order valence-corrected chi connectivity index (χ3v) is 3.45. The second-order valence-corrected chi connectivity index (χ2v) is 6.64. The number of hydrogen-bond donors (Lipinski definition) is 1. The van der Waals surface area contributed by atoms with E-state index in [0.717, 1.165) is 12.1 Å². The van der Waals surface area contributed by atoms with Gasteiger partial charge in [0.15, 0.2) is 0 Å². The first-order valence-electron chi connectivity index (χ1n) is 6.87. The van der Waals surface area contributed by atoms with E-state index in [-0.39, 0.29) is 11.5 Å². The third kappa shape index (κ3) is 4.24. The SMILES string of the molecule is CC(C)(C)CC(Nc1cnccc1Cl)c1ccccc1. The van der Waals surface area contributed by atoms with Gasteiger partial charge in [-0.1, -0.05) is 62.7 Å². The molecule has 0 aliphatic heterocycles. The van der Waals surface area contributed by atoms with Gasteiger partial charge in [-0.15, -0.1) is 0 Å². The molecule has 0 saturated carbocycles. The molecule has 0 spiro atoms. The Morgan fingerprint density at radius 3 is 2.45 bits per heavy atom. The van der Waals surface area contributed by atoms with Crippen LogP contribution in [0.2, 0.25) is 5.02 Å². The molecule has 2 nitrogen and oxygen atoms in total. The highest BCUT2D eigenvalue weighted by Crippen LogP contribution is 2.33. The van der Waals surface area contributed by atoms with Gasteiger partial charge in [-0.25, -0.2) is 0 Å². The minimum Gasteiger partial charge on any atom is -0.376 e. The molecule has 1 heterocycles. The lowest BCUT2D eigenvalue weighted by molar-refractivity contribution is 0.352. The first-order chi connectivity index (χ1) is 9.46. The Balaban J connectivity index is 2.26. The normalized spacial score (nSPS) is 13.0. The van der Waals surface area contributed by atoms with E-state index in [1.807, 2.05) is 12.1 Å². The van der Waals surface area contributed by atoms with Gasteiger partial charge in [0.2, 0.25) is 0 Å². The molecule has 0 bridgehead atoms. The Labute approximate surface area is 126 Å². The van der Waals surface area contributed by atoms with Gasteiger partial charge in [0.1, 0.15) is 0 Å². The van der Waals surface area contributed by atoms with Crippen molar-refractivity contribution < 1.29 is 0 Å². The molecule has 0 aliphatic carbocycles. The van der Waals surface area contributed by atoms with Crippen molar-refractivity contribution in [2.24, 2.45) is 5.41 Å². The van der Waals surface area contributed by atoms with Crippen LogP contribution in [-0.2, 0) is 0 Å². The summed E-state index contributed by atoms with van der Waals surface area (Å²) in [6, 6.07) is 12.5. The van der Waals surface area contributed by atoms with Crippen molar-refractivity contribution in [3.8, 4) is 0 Å². The standard InChI is InChI=1S/C17H21ClN2/c1-17(2,3)11-15(13-7-5-4-6-8-13)20-16-12-19-10-9-14(16)18/h4-10,12,15,20H,11H2,1-3H3. The highest BCUT2D eigenvalue weighted by molar-refractivity contribution is 6.33. The molecule has 2 rings (SSSR count). The average Bonchev–Trinajstić information content (AvgIpc) is 2.40. The van der Waals surface area contributed by atoms with Crippen LogP contribution in [0.5, 0.6) is 0 Å². The summed E-state index contributed by atoms with van der Waals surface area (Å²) in [6.45, 7) is 6.74. The summed E-state index contributed by atoms with van der Waals surface area (Å²) in [6.07, 6.45) is 4.50. The summed E-state index contributed by atoms with van der Waals surface area (Å²) in [4.78, 5) is 4.14. The lowest BCUT2D eigenvalue weighted by Gasteiger charge is -2.28. The Bertz CT molecular complexity index is 546. The van der Waals surface area contributed by atoms with Crippen LogP contribution in [0, 0.1) is 5.41 Å². The lowest BCUT2D eigenvalue weighted by atomic mass is 9.85. The van der Waals surface area contributed by atoms with Gasteiger partial charge in [-0.05, 0) is 23.5 Å². The van der Waals surface area contributed by atoms with Crippen molar-refractivity contribution in [3.05, 3.63) is 59.4 Å².